The zero-order valence-corrected chi connectivity index (χ0v) is 24.3. The molecule has 9 nitrogen and oxygen atoms in total. The van der Waals surface area contributed by atoms with Crippen molar-refractivity contribution in [2.24, 2.45) is 5.92 Å². The zero-order chi connectivity index (χ0) is 29.2. The molecule has 1 aromatic heterocycles. The third kappa shape index (κ3) is 5.57. The SMILES string of the molecule is CCOc1cc2cn(CC(=O)c3cc(N4CCC(C#N)CC4)c(OC)c(C(C)(C)C)c3)c(N)c2cc1C(=O)NC. The normalized spacial score (nSPS) is 14.2. The van der Waals surface area contributed by atoms with Crippen molar-refractivity contribution in [3.63, 3.8) is 0 Å². The molecular formula is C31H39N5O4. The van der Waals surface area contributed by atoms with Crippen molar-refractivity contribution in [2.45, 2.75) is 52.5 Å². The van der Waals surface area contributed by atoms with Gasteiger partial charge in [0.25, 0.3) is 5.91 Å². The Balaban J connectivity index is 1.74. The molecule has 1 amide bonds. The van der Waals surface area contributed by atoms with E-state index in [9.17, 15) is 14.9 Å². The number of hydrogen-bond donors (Lipinski definition) is 2. The number of nitrogens with two attached hydrogens (primary N) is 1. The predicted molar refractivity (Wildman–Crippen MR) is 157 cm³/mol. The molecule has 40 heavy (non-hydrogen) atoms. The van der Waals surface area contributed by atoms with Crippen molar-refractivity contribution in [2.75, 3.05) is 44.5 Å². The van der Waals surface area contributed by atoms with Crippen LogP contribution in [0, 0.1) is 17.2 Å². The van der Waals surface area contributed by atoms with E-state index < -0.39 is 0 Å². The summed E-state index contributed by atoms with van der Waals surface area (Å²) in [5.74, 6) is 1.31. The van der Waals surface area contributed by atoms with E-state index >= 15 is 0 Å². The van der Waals surface area contributed by atoms with Crippen LogP contribution < -0.4 is 25.4 Å². The molecule has 2 heterocycles. The second kappa shape index (κ2) is 11.5. The summed E-state index contributed by atoms with van der Waals surface area (Å²) in [6.07, 6.45) is 3.37. The topological polar surface area (TPSA) is 123 Å². The van der Waals surface area contributed by atoms with Crippen LogP contribution in [0.1, 0.15) is 66.8 Å². The number of carbonyl (C=O) groups is 2. The van der Waals surface area contributed by atoms with Crippen LogP contribution in [0.15, 0.2) is 30.5 Å². The third-order valence-corrected chi connectivity index (χ3v) is 7.54. The average Bonchev–Trinajstić information content (AvgIpc) is 3.24. The van der Waals surface area contributed by atoms with E-state index in [0.717, 1.165) is 48.3 Å². The summed E-state index contributed by atoms with van der Waals surface area (Å²) in [6.45, 7) is 10.0. The molecule has 1 fully saturated rings. The van der Waals surface area contributed by atoms with Crippen LogP contribution >= 0.6 is 0 Å². The van der Waals surface area contributed by atoms with E-state index in [1.54, 1.807) is 30.9 Å². The number of aromatic nitrogens is 1. The molecule has 0 unspecified atom stereocenters. The minimum Gasteiger partial charge on any atom is -0.494 e. The highest BCUT2D eigenvalue weighted by Crippen LogP contribution is 2.41. The Morgan fingerprint density at radius 2 is 1.88 bits per heavy atom. The van der Waals surface area contributed by atoms with Gasteiger partial charge in [-0.25, -0.2) is 0 Å². The van der Waals surface area contributed by atoms with Crippen LogP contribution in [-0.4, -0.2) is 50.1 Å². The molecule has 1 saturated heterocycles. The number of benzene rings is 2. The Morgan fingerprint density at radius 1 is 1.18 bits per heavy atom. The van der Waals surface area contributed by atoms with Crippen LogP contribution in [0.3, 0.4) is 0 Å². The first kappa shape index (κ1) is 28.8. The highest BCUT2D eigenvalue weighted by Gasteiger charge is 2.29. The number of Topliss-reactive ketones (excluding diaryl/α,β-unsaturated/α-hetero) is 1. The molecule has 1 aliphatic heterocycles. The molecule has 3 aromatic rings. The van der Waals surface area contributed by atoms with E-state index in [-0.39, 0.29) is 29.6 Å². The maximum Gasteiger partial charge on any atom is 0.254 e. The largest absolute Gasteiger partial charge is 0.494 e. The number of ketones is 1. The molecule has 212 valence electrons. The van der Waals surface area contributed by atoms with Gasteiger partial charge in [0.15, 0.2) is 5.78 Å². The molecular weight excluding hydrogens is 506 g/mol. The second-order valence-electron chi connectivity index (χ2n) is 11.2. The highest BCUT2D eigenvalue weighted by atomic mass is 16.5. The van der Waals surface area contributed by atoms with Gasteiger partial charge in [-0.2, -0.15) is 5.26 Å². The van der Waals surface area contributed by atoms with Gasteiger partial charge in [0.2, 0.25) is 0 Å². The molecule has 3 N–H and O–H groups in total. The van der Waals surface area contributed by atoms with E-state index in [1.807, 2.05) is 25.3 Å². The second-order valence-corrected chi connectivity index (χ2v) is 11.2. The number of rotatable bonds is 8. The maximum absolute atomic E-state index is 13.8. The number of nitriles is 1. The number of ether oxygens (including phenoxy) is 2. The summed E-state index contributed by atoms with van der Waals surface area (Å²) in [5.41, 5.74) is 9.01. The van der Waals surface area contributed by atoms with Crippen molar-refractivity contribution in [3.8, 4) is 17.6 Å². The van der Waals surface area contributed by atoms with Crippen molar-refractivity contribution in [1.82, 2.24) is 9.88 Å². The van der Waals surface area contributed by atoms with E-state index in [0.29, 0.717) is 34.7 Å². The smallest absolute Gasteiger partial charge is 0.254 e. The van der Waals surface area contributed by atoms with Crippen LogP contribution in [0.2, 0.25) is 0 Å². The van der Waals surface area contributed by atoms with Gasteiger partial charge < -0.3 is 30.0 Å². The fourth-order valence-electron chi connectivity index (χ4n) is 5.31. The van der Waals surface area contributed by atoms with Gasteiger partial charge in [-0.3, -0.25) is 9.59 Å². The van der Waals surface area contributed by atoms with Crippen molar-refractivity contribution in [3.05, 3.63) is 47.2 Å². The third-order valence-electron chi connectivity index (χ3n) is 7.54. The first-order chi connectivity index (χ1) is 19.0. The Morgan fingerprint density at radius 3 is 2.45 bits per heavy atom. The summed E-state index contributed by atoms with van der Waals surface area (Å²) in [4.78, 5) is 28.5. The van der Waals surface area contributed by atoms with Gasteiger partial charge in [0.1, 0.15) is 17.3 Å². The van der Waals surface area contributed by atoms with Crippen molar-refractivity contribution >= 4 is 34.0 Å². The molecule has 0 saturated carbocycles. The maximum atomic E-state index is 13.8. The van der Waals surface area contributed by atoms with Crippen molar-refractivity contribution < 1.29 is 19.1 Å². The number of amides is 1. The molecule has 1 aliphatic rings. The van der Waals surface area contributed by atoms with Crippen LogP contribution in [0.4, 0.5) is 11.5 Å². The lowest BCUT2D eigenvalue weighted by molar-refractivity contribution is 0.0955. The minimum atomic E-state index is -0.271. The van der Waals surface area contributed by atoms with Gasteiger partial charge in [0.05, 0.1) is 37.6 Å². The van der Waals surface area contributed by atoms with E-state index in [2.05, 4.69) is 37.1 Å². The molecule has 4 rings (SSSR count). The fraction of sp³-hybridized carbons (Fsp3) is 0.452. The van der Waals surface area contributed by atoms with Gasteiger partial charge in [0, 0.05) is 54.2 Å². The first-order valence-corrected chi connectivity index (χ1v) is 13.7. The molecule has 0 bridgehead atoms. The Kier molecular flexibility index (Phi) is 8.29. The lowest BCUT2D eigenvalue weighted by atomic mass is 9.84. The number of nitrogens with one attached hydrogen (secondary N) is 1. The summed E-state index contributed by atoms with van der Waals surface area (Å²) >= 11 is 0. The summed E-state index contributed by atoms with van der Waals surface area (Å²) in [6, 6.07) is 9.70. The molecule has 9 heteroatoms. The summed E-state index contributed by atoms with van der Waals surface area (Å²) in [7, 11) is 3.23. The molecule has 0 spiro atoms. The molecule has 0 aliphatic carbocycles. The number of carbonyl (C=O) groups excluding carboxylic acids is 2. The molecule has 2 aromatic carbocycles. The Labute approximate surface area is 235 Å². The number of fused-ring (bicyclic) bond motifs is 1. The predicted octanol–water partition coefficient (Wildman–Crippen LogP) is 4.91. The van der Waals surface area contributed by atoms with Gasteiger partial charge >= 0.3 is 0 Å². The van der Waals surface area contributed by atoms with Gasteiger partial charge in [-0.1, -0.05) is 20.8 Å². The van der Waals surface area contributed by atoms with Crippen LogP contribution in [0.5, 0.6) is 11.5 Å². The summed E-state index contributed by atoms with van der Waals surface area (Å²) in [5, 5.41) is 13.5. The summed E-state index contributed by atoms with van der Waals surface area (Å²) < 4.78 is 13.3. The number of nitrogen functional groups attached to an aromatic ring is 1. The zero-order valence-electron chi connectivity index (χ0n) is 24.3. The monoisotopic (exact) mass is 545 g/mol. The van der Waals surface area contributed by atoms with E-state index in [4.69, 9.17) is 15.2 Å². The van der Waals surface area contributed by atoms with E-state index in [1.165, 1.54) is 0 Å². The number of hydrogen-bond acceptors (Lipinski definition) is 7. The molecule has 0 radical (unpaired) electrons. The van der Waals surface area contributed by atoms with Crippen molar-refractivity contribution in [1.29, 1.82) is 5.26 Å². The van der Waals surface area contributed by atoms with Crippen LogP contribution in [0.25, 0.3) is 10.8 Å². The minimum absolute atomic E-state index is 0.0334. The first-order valence-electron chi connectivity index (χ1n) is 13.7. The standard InChI is InChI=1S/C31H39N5O4/c1-7-40-27-14-21-17-36(29(33)22(21)15-23(27)30(38)34-5)18-26(37)20-12-24(31(2,3)4)28(39-6)25(13-20)35-10-8-19(16-32)9-11-35/h12-15,17,19H,7-11,18,33H2,1-6H3,(H,34,38). The molecule has 0 atom stereocenters. The lowest BCUT2D eigenvalue weighted by Crippen LogP contribution is -2.34. The number of nitrogens with zero attached hydrogens (tertiary/aromatic N) is 3. The average molecular weight is 546 g/mol. The van der Waals surface area contributed by atoms with Gasteiger partial charge in [-0.05, 0) is 49.4 Å². The number of anilines is 2. The van der Waals surface area contributed by atoms with Crippen LogP contribution in [-0.2, 0) is 12.0 Å². The number of methoxy groups -OCH3 is 1. The van der Waals surface area contributed by atoms with Gasteiger partial charge in [-0.15, -0.1) is 0 Å². The number of piperidine rings is 1. The fourth-order valence-corrected chi connectivity index (χ4v) is 5.31. The Hall–Kier alpha value is -4.19. The Bertz CT molecular complexity index is 1470. The highest BCUT2D eigenvalue weighted by molar-refractivity contribution is 6.05. The quantitative estimate of drug-likeness (QED) is 0.386. The lowest BCUT2D eigenvalue weighted by Gasteiger charge is -2.34.